The molecule has 0 aromatic heterocycles. The third-order valence-corrected chi connectivity index (χ3v) is 2.55. The highest BCUT2D eigenvalue weighted by atomic mass is 79.9. The van der Waals surface area contributed by atoms with Crippen LogP contribution in [-0.2, 0) is 6.42 Å². The molecule has 0 atom stereocenters. The number of hydrogen-bond donors (Lipinski definition) is 0. The van der Waals surface area contributed by atoms with E-state index in [-0.39, 0.29) is 0 Å². The van der Waals surface area contributed by atoms with Gasteiger partial charge in [-0.3, -0.25) is 0 Å². The first-order chi connectivity index (χ1) is 6.77. The van der Waals surface area contributed by atoms with Crippen molar-refractivity contribution in [1.82, 2.24) is 0 Å². The summed E-state index contributed by atoms with van der Waals surface area (Å²) in [5, 5.41) is 0. The summed E-state index contributed by atoms with van der Waals surface area (Å²) in [6.45, 7) is 1.87. The van der Waals surface area contributed by atoms with E-state index in [1.54, 1.807) is 7.11 Å². The Morgan fingerprint density at radius 1 is 1.43 bits per heavy atom. The van der Waals surface area contributed by atoms with Crippen LogP contribution >= 0.6 is 15.9 Å². The molecule has 1 rings (SSSR count). The van der Waals surface area contributed by atoms with Crippen molar-refractivity contribution in [1.29, 1.82) is 0 Å². The summed E-state index contributed by atoms with van der Waals surface area (Å²) in [4.78, 5) is 0. The Balaban J connectivity index is 2.69. The zero-order valence-corrected chi connectivity index (χ0v) is 10.0. The Morgan fingerprint density at radius 2 is 2.21 bits per heavy atom. The second-order valence-electron chi connectivity index (χ2n) is 2.90. The standard InChI is InChI=1S/C12H13BrO/c1-3-4-5-6-10-7-8-12(14-2)11(13)9-10/h7-9H,5-6H2,1-2H3. The summed E-state index contributed by atoms with van der Waals surface area (Å²) in [6.07, 6.45) is 1.90. The van der Waals surface area contributed by atoms with Gasteiger partial charge in [0.05, 0.1) is 11.6 Å². The van der Waals surface area contributed by atoms with Crippen LogP contribution in [0, 0.1) is 11.8 Å². The van der Waals surface area contributed by atoms with Crippen LogP contribution in [0.4, 0.5) is 0 Å². The molecule has 0 aliphatic heterocycles. The maximum absolute atomic E-state index is 5.15. The Bertz CT molecular complexity index is 360. The lowest BCUT2D eigenvalue weighted by atomic mass is 10.1. The molecule has 0 aliphatic carbocycles. The van der Waals surface area contributed by atoms with Gasteiger partial charge in [0.25, 0.3) is 0 Å². The zero-order valence-electron chi connectivity index (χ0n) is 8.43. The van der Waals surface area contributed by atoms with Crippen LogP contribution in [-0.4, -0.2) is 7.11 Å². The molecule has 0 bridgehead atoms. The summed E-state index contributed by atoms with van der Waals surface area (Å²) in [6, 6.07) is 6.12. The van der Waals surface area contributed by atoms with Gasteiger partial charge in [-0.1, -0.05) is 6.07 Å². The minimum Gasteiger partial charge on any atom is -0.496 e. The number of halogens is 1. The van der Waals surface area contributed by atoms with Gasteiger partial charge in [-0.25, -0.2) is 0 Å². The van der Waals surface area contributed by atoms with Gasteiger partial charge in [-0.2, -0.15) is 0 Å². The van der Waals surface area contributed by atoms with Crippen molar-refractivity contribution in [2.45, 2.75) is 19.8 Å². The number of ether oxygens (including phenoxy) is 1. The highest BCUT2D eigenvalue weighted by molar-refractivity contribution is 9.10. The molecule has 0 saturated heterocycles. The highest BCUT2D eigenvalue weighted by Crippen LogP contribution is 2.25. The van der Waals surface area contributed by atoms with E-state index in [0.29, 0.717) is 0 Å². The van der Waals surface area contributed by atoms with E-state index < -0.39 is 0 Å². The Kier molecular flexibility index (Phi) is 4.55. The van der Waals surface area contributed by atoms with Crippen LogP contribution in [0.15, 0.2) is 22.7 Å². The molecule has 0 N–H and O–H groups in total. The summed E-state index contributed by atoms with van der Waals surface area (Å²) in [5.74, 6) is 6.81. The fourth-order valence-electron chi connectivity index (χ4n) is 1.20. The fraction of sp³-hybridized carbons (Fsp3) is 0.333. The lowest BCUT2D eigenvalue weighted by molar-refractivity contribution is 0.412. The van der Waals surface area contributed by atoms with Crippen molar-refractivity contribution in [3.05, 3.63) is 28.2 Å². The van der Waals surface area contributed by atoms with Gasteiger partial charge < -0.3 is 4.74 Å². The maximum Gasteiger partial charge on any atom is 0.133 e. The van der Waals surface area contributed by atoms with Crippen molar-refractivity contribution < 1.29 is 4.74 Å². The van der Waals surface area contributed by atoms with Crippen molar-refractivity contribution in [3.8, 4) is 17.6 Å². The number of aryl methyl sites for hydroxylation is 1. The third kappa shape index (κ3) is 3.08. The van der Waals surface area contributed by atoms with Crippen LogP contribution < -0.4 is 4.74 Å². The first kappa shape index (κ1) is 11.1. The van der Waals surface area contributed by atoms with E-state index in [1.165, 1.54) is 5.56 Å². The van der Waals surface area contributed by atoms with E-state index in [2.05, 4.69) is 39.9 Å². The predicted octanol–water partition coefficient (Wildman–Crippen LogP) is 3.41. The minimum absolute atomic E-state index is 0.871. The molecule has 0 amide bonds. The van der Waals surface area contributed by atoms with Crippen molar-refractivity contribution in [2.75, 3.05) is 7.11 Å². The molecule has 1 nitrogen and oxygen atoms in total. The van der Waals surface area contributed by atoms with Gasteiger partial charge in [-0.15, -0.1) is 11.8 Å². The van der Waals surface area contributed by atoms with Crippen LogP contribution in [0.3, 0.4) is 0 Å². The number of rotatable bonds is 3. The molecular formula is C12H13BrO. The number of hydrogen-bond acceptors (Lipinski definition) is 1. The molecule has 0 fully saturated rings. The van der Waals surface area contributed by atoms with Crippen LogP contribution in [0.5, 0.6) is 5.75 Å². The summed E-state index contributed by atoms with van der Waals surface area (Å²) >= 11 is 3.46. The van der Waals surface area contributed by atoms with Crippen molar-refractivity contribution in [2.24, 2.45) is 0 Å². The van der Waals surface area contributed by atoms with E-state index in [9.17, 15) is 0 Å². The van der Waals surface area contributed by atoms with E-state index in [1.807, 2.05) is 13.0 Å². The molecule has 0 saturated carbocycles. The molecule has 0 spiro atoms. The van der Waals surface area contributed by atoms with E-state index in [0.717, 1.165) is 23.1 Å². The van der Waals surface area contributed by atoms with Crippen LogP contribution in [0.1, 0.15) is 18.9 Å². The van der Waals surface area contributed by atoms with Crippen LogP contribution in [0.2, 0.25) is 0 Å². The zero-order chi connectivity index (χ0) is 10.4. The van der Waals surface area contributed by atoms with E-state index in [4.69, 9.17) is 4.74 Å². The van der Waals surface area contributed by atoms with Gasteiger partial charge in [-0.05, 0) is 47.0 Å². The summed E-state index contributed by atoms with van der Waals surface area (Å²) in [5.41, 5.74) is 1.28. The van der Waals surface area contributed by atoms with Crippen LogP contribution in [0.25, 0.3) is 0 Å². The first-order valence-electron chi connectivity index (χ1n) is 4.50. The SMILES string of the molecule is CC#CCCc1ccc(OC)c(Br)c1. The topological polar surface area (TPSA) is 9.23 Å². The molecule has 0 aliphatic rings. The second kappa shape index (κ2) is 5.72. The quantitative estimate of drug-likeness (QED) is 0.750. The van der Waals surface area contributed by atoms with Crippen molar-refractivity contribution in [3.63, 3.8) is 0 Å². The smallest absolute Gasteiger partial charge is 0.133 e. The maximum atomic E-state index is 5.15. The first-order valence-corrected chi connectivity index (χ1v) is 5.29. The average Bonchev–Trinajstić information content (AvgIpc) is 2.18. The molecular weight excluding hydrogens is 240 g/mol. The molecule has 14 heavy (non-hydrogen) atoms. The van der Waals surface area contributed by atoms with Gasteiger partial charge in [0, 0.05) is 6.42 Å². The average molecular weight is 253 g/mol. The number of methoxy groups -OCH3 is 1. The fourth-order valence-corrected chi connectivity index (χ4v) is 1.79. The van der Waals surface area contributed by atoms with Crippen molar-refractivity contribution >= 4 is 15.9 Å². The van der Waals surface area contributed by atoms with Gasteiger partial charge in [0.2, 0.25) is 0 Å². The Morgan fingerprint density at radius 3 is 2.79 bits per heavy atom. The molecule has 0 heterocycles. The Hall–Kier alpha value is -0.940. The number of benzene rings is 1. The highest BCUT2D eigenvalue weighted by Gasteiger charge is 2.00. The monoisotopic (exact) mass is 252 g/mol. The lowest BCUT2D eigenvalue weighted by Crippen LogP contribution is -1.88. The molecule has 0 unspecified atom stereocenters. The van der Waals surface area contributed by atoms with E-state index >= 15 is 0 Å². The molecule has 1 aromatic carbocycles. The molecule has 1 aromatic rings. The largest absolute Gasteiger partial charge is 0.496 e. The normalized spacial score (nSPS) is 9.07. The lowest BCUT2D eigenvalue weighted by Gasteiger charge is -2.04. The molecule has 2 heteroatoms. The van der Waals surface area contributed by atoms with Gasteiger partial charge in [0.15, 0.2) is 0 Å². The summed E-state index contributed by atoms with van der Waals surface area (Å²) in [7, 11) is 1.67. The summed E-state index contributed by atoms with van der Waals surface area (Å²) < 4.78 is 6.15. The predicted molar refractivity (Wildman–Crippen MR) is 62.5 cm³/mol. The Labute approximate surface area is 93.6 Å². The minimum atomic E-state index is 0.871. The molecule has 0 radical (unpaired) electrons. The molecule has 74 valence electrons. The van der Waals surface area contributed by atoms with Gasteiger partial charge >= 0.3 is 0 Å². The third-order valence-electron chi connectivity index (χ3n) is 1.93. The van der Waals surface area contributed by atoms with Gasteiger partial charge in [0.1, 0.15) is 5.75 Å². The second-order valence-corrected chi connectivity index (χ2v) is 3.75.